The smallest absolute Gasteiger partial charge is 0.329 e. The summed E-state index contributed by atoms with van der Waals surface area (Å²) in [7, 11) is 1.55. The fourth-order valence-electron chi connectivity index (χ4n) is 2.65. The minimum atomic E-state index is -0.507. The molecule has 0 saturated carbocycles. The van der Waals surface area contributed by atoms with Crippen LogP contribution in [0.4, 0.5) is 0 Å². The van der Waals surface area contributed by atoms with Gasteiger partial charge in [-0.25, -0.2) is 9.78 Å². The number of aromatic amines is 1. The summed E-state index contributed by atoms with van der Waals surface area (Å²) in [5.74, 6) is 0.922. The normalized spacial score (nSPS) is 11.2. The highest BCUT2D eigenvalue weighted by atomic mass is 16.5. The summed E-state index contributed by atoms with van der Waals surface area (Å²) in [6.45, 7) is 0.218. The summed E-state index contributed by atoms with van der Waals surface area (Å²) in [5, 5.41) is 3.95. The summed E-state index contributed by atoms with van der Waals surface area (Å²) in [4.78, 5) is 34.4. The lowest BCUT2D eigenvalue weighted by Crippen LogP contribution is -2.29. The number of hydrogen-bond donors (Lipinski definition) is 1. The van der Waals surface area contributed by atoms with Crippen LogP contribution in [0.3, 0.4) is 0 Å². The van der Waals surface area contributed by atoms with Crippen molar-refractivity contribution in [1.82, 2.24) is 29.2 Å². The predicted octanol–water partition coefficient (Wildman–Crippen LogP) is 0.445. The van der Waals surface area contributed by atoms with Gasteiger partial charge >= 0.3 is 5.69 Å². The molecule has 4 aromatic rings. The lowest BCUT2D eigenvalue weighted by Gasteiger charge is -2.00. The van der Waals surface area contributed by atoms with E-state index in [2.05, 4.69) is 20.1 Å². The molecule has 126 valence electrons. The molecule has 0 saturated heterocycles. The number of fused-ring (bicyclic) bond motifs is 1. The van der Waals surface area contributed by atoms with E-state index in [0.717, 1.165) is 5.56 Å². The predicted molar refractivity (Wildman–Crippen MR) is 88.2 cm³/mol. The van der Waals surface area contributed by atoms with Gasteiger partial charge in [0.25, 0.3) is 5.56 Å². The SMILES string of the molecule is Cn1c(=O)[nH]c(=O)c2c1ncn2Cc1noc(Cc2ccccc2)n1. The Morgan fingerprint density at radius 3 is 2.80 bits per heavy atom. The molecule has 1 aromatic carbocycles. The van der Waals surface area contributed by atoms with Crippen LogP contribution in [0, 0.1) is 0 Å². The van der Waals surface area contributed by atoms with Crippen molar-refractivity contribution in [3.63, 3.8) is 0 Å². The van der Waals surface area contributed by atoms with Gasteiger partial charge in [-0.15, -0.1) is 0 Å². The van der Waals surface area contributed by atoms with Gasteiger partial charge in [-0.05, 0) is 5.56 Å². The minimum absolute atomic E-state index is 0.218. The van der Waals surface area contributed by atoms with Crippen molar-refractivity contribution < 1.29 is 4.52 Å². The van der Waals surface area contributed by atoms with Crippen LogP contribution in [-0.2, 0) is 20.0 Å². The zero-order valence-corrected chi connectivity index (χ0v) is 13.3. The molecule has 3 heterocycles. The van der Waals surface area contributed by atoms with E-state index in [1.807, 2.05) is 30.3 Å². The van der Waals surface area contributed by atoms with Gasteiger partial charge in [0.15, 0.2) is 17.0 Å². The lowest BCUT2D eigenvalue weighted by molar-refractivity contribution is 0.378. The first-order valence-electron chi connectivity index (χ1n) is 7.61. The standard InChI is InChI=1S/C16H14N6O3/c1-21-14-13(15(23)19-16(21)24)22(9-17-14)8-11-18-12(25-20-11)7-10-5-3-2-4-6-10/h2-6,9H,7-8H2,1H3,(H,19,23,24). The van der Waals surface area contributed by atoms with Gasteiger partial charge in [0, 0.05) is 7.05 Å². The Labute approximate surface area is 140 Å². The zero-order valence-electron chi connectivity index (χ0n) is 13.3. The highest BCUT2D eigenvalue weighted by Crippen LogP contribution is 2.10. The highest BCUT2D eigenvalue weighted by molar-refractivity contribution is 5.69. The molecule has 0 spiro atoms. The van der Waals surface area contributed by atoms with Crippen molar-refractivity contribution >= 4 is 11.2 Å². The minimum Gasteiger partial charge on any atom is -0.339 e. The molecule has 0 radical (unpaired) electrons. The molecule has 0 atom stereocenters. The summed E-state index contributed by atoms with van der Waals surface area (Å²) in [5.41, 5.74) is 0.659. The second kappa shape index (κ2) is 5.86. The first kappa shape index (κ1) is 15.1. The van der Waals surface area contributed by atoms with Crippen LogP contribution in [0.15, 0.2) is 50.8 Å². The second-order valence-electron chi connectivity index (χ2n) is 5.63. The van der Waals surface area contributed by atoms with E-state index < -0.39 is 11.2 Å². The molecule has 3 aromatic heterocycles. The molecule has 0 bridgehead atoms. The van der Waals surface area contributed by atoms with E-state index in [-0.39, 0.29) is 12.1 Å². The summed E-state index contributed by atoms with van der Waals surface area (Å²) >= 11 is 0. The quantitative estimate of drug-likeness (QED) is 0.578. The Bertz CT molecular complexity index is 1150. The van der Waals surface area contributed by atoms with Crippen LogP contribution in [0.1, 0.15) is 17.3 Å². The van der Waals surface area contributed by atoms with Gasteiger partial charge < -0.3 is 9.09 Å². The number of H-pyrrole nitrogens is 1. The van der Waals surface area contributed by atoms with E-state index in [1.165, 1.54) is 10.9 Å². The third-order valence-electron chi connectivity index (χ3n) is 3.90. The largest absolute Gasteiger partial charge is 0.339 e. The fraction of sp³-hybridized carbons (Fsp3) is 0.188. The van der Waals surface area contributed by atoms with Gasteiger partial charge in [-0.3, -0.25) is 14.3 Å². The molecule has 0 aliphatic rings. The Morgan fingerprint density at radius 2 is 2.00 bits per heavy atom. The van der Waals surface area contributed by atoms with E-state index >= 15 is 0 Å². The zero-order chi connectivity index (χ0) is 17.4. The average Bonchev–Trinajstić information content (AvgIpc) is 3.22. The molecule has 1 N–H and O–H groups in total. The van der Waals surface area contributed by atoms with Crippen molar-refractivity contribution in [3.8, 4) is 0 Å². The number of imidazole rings is 1. The molecule has 25 heavy (non-hydrogen) atoms. The molecule has 0 aliphatic carbocycles. The maximum atomic E-state index is 12.1. The number of aryl methyl sites for hydroxylation is 1. The maximum absolute atomic E-state index is 12.1. The van der Waals surface area contributed by atoms with Crippen molar-refractivity contribution in [2.24, 2.45) is 7.05 Å². The number of nitrogens with zero attached hydrogens (tertiary/aromatic N) is 5. The van der Waals surface area contributed by atoms with Crippen molar-refractivity contribution in [1.29, 1.82) is 0 Å². The number of aromatic nitrogens is 6. The Balaban J connectivity index is 1.63. The average molecular weight is 338 g/mol. The van der Waals surface area contributed by atoms with E-state index in [1.54, 1.807) is 11.6 Å². The molecule has 4 rings (SSSR count). The third-order valence-corrected chi connectivity index (χ3v) is 3.90. The van der Waals surface area contributed by atoms with E-state index in [4.69, 9.17) is 4.52 Å². The number of hydrogen-bond acceptors (Lipinski definition) is 6. The van der Waals surface area contributed by atoms with Gasteiger partial charge in [-0.2, -0.15) is 4.98 Å². The Hall–Kier alpha value is -3.49. The molecular weight excluding hydrogens is 324 g/mol. The number of rotatable bonds is 4. The lowest BCUT2D eigenvalue weighted by atomic mass is 10.1. The highest BCUT2D eigenvalue weighted by Gasteiger charge is 2.14. The monoisotopic (exact) mass is 338 g/mol. The van der Waals surface area contributed by atoms with Gasteiger partial charge in [0.05, 0.1) is 19.3 Å². The molecule has 0 fully saturated rings. The summed E-state index contributed by atoms with van der Waals surface area (Å²) < 4.78 is 8.14. The fourth-order valence-corrected chi connectivity index (χ4v) is 2.65. The van der Waals surface area contributed by atoms with Crippen LogP contribution in [0.25, 0.3) is 11.2 Å². The van der Waals surface area contributed by atoms with Gasteiger partial charge in [0.2, 0.25) is 5.89 Å². The number of benzene rings is 1. The molecule has 0 aliphatic heterocycles. The van der Waals surface area contributed by atoms with Crippen LogP contribution in [-0.4, -0.2) is 29.2 Å². The van der Waals surface area contributed by atoms with E-state index in [9.17, 15) is 9.59 Å². The summed E-state index contributed by atoms with van der Waals surface area (Å²) in [6, 6.07) is 9.79. The van der Waals surface area contributed by atoms with Crippen molar-refractivity contribution in [3.05, 3.63) is 74.8 Å². The summed E-state index contributed by atoms with van der Waals surface area (Å²) in [6.07, 6.45) is 2.01. The topological polar surface area (TPSA) is 112 Å². The molecule has 9 nitrogen and oxygen atoms in total. The van der Waals surface area contributed by atoms with Crippen LogP contribution >= 0.6 is 0 Å². The van der Waals surface area contributed by atoms with Gasteiger partial charge in [0.1, 0.15) is 0 Å². The maximum Gasteiger partial charge on any atom is 0.329 e. The third kappa shape index (κ3) is 2.75. The van der Waals surface area contributed by atoms with Crippen LogP contribution in [0.2, 0.25) is 0 Å². The van der Waals surface area contributed by atoms with Crippen molar-refractivity contribution in [2.75, 3.05) is 0 Å². The first-order valence-corrected chi connectivity index (χ1v) is 7.61. The molecule has 0 unspecified atom stereocenters. The molecule has 9 heteroatoms. The Kier molecular flexibility index (Phi) is 3.53. The first-order chi connectivity index (χ1) is 12.1. The van der Waals surface area contributed by atoms with E-state index in [0.29, 0.717) is 23.8 Å². The van der Waals surface area contributed by atoms with Gasteiger partial charge in [-0.1, -0.05) is 35.5 Å². The molecule has 0 amide bonds. The molecular formula is C16H14N6O3. The number of nitrogens with one attached hydrogen (secondary N) is 1. The van der Waals surface area contributed by atoms with Crippen molar-refractivity contribution in [2.45, 2.75) is 13.0 Å². The Morgan fingerprint density at radius 1 is 1.20 bits per heavy atom. The van der Waals surface area contributed by atoms with Crippen LogP contribution < -0.4 is 11.2 Å². The second-order valence-corrected chi connectivity index (χ2v) is 5.63. The van der Waals surface area contributed by atoms with Crippen LogP contribution in [0.5, 0.6) is 0 Å².